The van der Waals surface area contributed by atoms with Crippen LogP contribution in [0.1, 0.15) is 43.4 Å². The minimum atomic E-state index is -0.238. The molecule has 1 fully saturated rings. The molecule has 0 saturated carbocycles. The van der Waals surface area contributed by atoms with Gasteiger partial charge in [-0.05, 0) is 23.9 Å². The van der Waals surface area contributed by atoms with Crippen molar-refractivity contribution < 1.29 is 14.2 Å². The van der Waals surface area contributed by atoms with Gasteiger partial charge in [0.25, 0.3) is 5.91 Å². The topological polar surface area (TPSA) is 77.2 Å². The SMILES string of the molecule is Cc1nonc1C(=O)NC[C@H]1CCO[C@@H]1C(C)(C)C. The Labute approximate surface area is 112 Å². The van der Waals surface area contributed by atoms with Crippen LogP contribution in [0.5, 0.6) is 0 Å². The van der Waals surface area contributed by atoms with Crippen LogP contribution in [0.15, 0.2) is 4.63 Å². The third kappa shape index (κ3) is 3.12. The van der Waals surface area contributed by atoms with Crippen LogP contribution in [0, 0.1) is 18.3 Å². The largest absolute Gasteiger partial charge is 0.377 e. The highest BCUT2D eigenvalue weighted by atomic mass is 16.6. The molecular formula is C13H21N3O3. The first kappa shape index (κ1) is 14.0. The van der Waals surface area contributed by atoms with Crippen LogP contribution < -0.4 is 5.32 Å². The normalized spacial score (nSPS) is 23.6. The third-order valence-corrected chi connectivity index (χ3v) is 3.46. The van der Waals surface area contributed by atoms with Crippen LogP contribution in [0.3, 0.4) is 0 Å². The van der Waals surface area contributed by atoms with Crippen molar-refractivity contribution in [2.45, 2.75) is 40.2 Å². The number of carbonyl (C=O) groups excluding carboxylic acids is 1. The van der Waals surface area contributed by atoms with E-state index in [0.717, 1.165) is 13.0 Å². The third-order valence-electron chi connectivity index (χ3n) is 3.46. The van der Waals surface area contributed by atoms with Gasteiger partial charge in [0.1, 0.15) is 5.69 Å². The Bertz CT molecular complexity index is 450. The zero-order valence-corrected chi connectivity index (χ0v) is 11.9. The molecule has 1 aliphatic heterocycles. The summed E-state index contributed by atoms with van der Waals surface area (Å²) in [7, 11) is 0. The highest BCUT2D eigenvalue weighted by Gasteiger charge is 2.37. The van der Waals surface area contributed by atoms with E-state index >= 15 is 0 Å². The number of rotatable bonds is 3. The summed E-state index contributed by atoms with van der Waals surface area (Å²) in [4.78, 5) is 11.9. The number of hydrogen-bond acceptors (Lipinski definition) is 5. The van der Waals surface area contributed by atoms with Gasteiger partial charge in [-0.25, -0.2) is 4.63 Å². The maximum absolute atomic E-state index is 11.9. The van der Waals surface area contributed by atoms with Crippen LogP contribution in [0.25, 0.3) is 0 Å². The molecule has 0 unspecified atom stereocenters. The van der Waals surface area contributed by atoms with Gasteiger partial charge >= 0.3 is 0 Å². The predicted octanol–water partition coefficient (Wildman–Crippen LogP) is 1.56. The molecule has 6 nitrogen and oxygen atoms in total. The molecule has 0 spiro atoms. The average molecular weight is 267 g/mol. The van der Waals surface area contributed by atoms with E-state index in [4.69, 9.17) is 4.74 Å². The van der Waals surface area contributed by atoms with E-state index < -0.39 is 0 Å². The zero-order valence-electron chi connectivity index (χ0n) is 11.9. The molecular weight excluding hydrogens is 246 g/mol. The molecule has 1 saturated heterocycles. The van der Waals surface area contributed by atoms with Gasteiger partial charge in [0.2, 0.25) is 0 Å². The summed E-state index contributed by atoms with van der Waals surface area (Å²) in [5.74, 6) is 0.0995. The van der Waals surface area contributed by atoms with Crippen LogP contribution >= 0.6 is 0 Å². The summed E-state index contributed by atoms with van der Waals surface area (Å²) in [6.07, 6.45) is 1.14. The fourth-order valence-electron chi connectivity index (χ4n) is 2.55. The Hall–Kier alpha value is -1.43. The molecule has 2 heterocycles. The molecule has 1 amide bonds. The van der Waals surface area contributed by atoms with Crippen molar-refractivity contribution in [3.63, 3.8) is 0 Å². The number of nitrogens with zero attached hydrogens (tertiary/aromatic N) is 2. The van der Waals surface area contributed by atoms with Gasteiger partial charge < -0.3 is 10.1 Å². The maximum Gasteiger partial charge on any atom is 0.275 e. The number of carbonyl (C=O) groups is 1. The number of aromatic nitrogens is 2. The van der Waals surface area contributed by atoms with Crippen molar-refractivity contribution in [2.75, 3.05) is 13.2 Å². The van der Waals surface area contributed by atoms with E-state index in [2.05, 4.69) is 41.0 Å². The van der Waals surface area contributed by atoms with E-state index in [1.165, 1.54) is 0 Å². The van der Waals surface area contributed by atoms with E-state index in [1.807, 2.05) is 0 Å². The predicted molar refractivity (Wildman–Crippen MR) is 68.7 cm³/mol. The molecule has 0 aliphatic carbocycles. The van der Waals surface area contributed by atoms with E-state index in [0.29, 0.717) is 18.2 Å². The van der Waals surface area contributed by atoms with E-state index in [9.17, 15) is 4.79 Å². The molecule has 1 aromatic rings. The second kappa shape index (κ2) is 5.28. The van der Waals surface area contributed by atoms with Crippen molar-refractivity contribution in [2.24, 2.45) is 11.3 Å². The lowest BCUT2D eigenvalue weighted by Crippen LogP contribution is -2.38. The molecule has 0 bridgehead atoms. The highest BCUT2D eigenvalue weighted by molar-refractivity contribution is 5.92. The number of amides is 1. The van der Waals surface area contributed by atoms with E-state index in [1.54, 1.807) is 6.92 Å². The molecule has 1 aromatic heterocycles. The minimum absolute atomic E-state index is 0.0806. The fraction of sp³-hybridized carbons (Fsp3) is 0.769. The van der Waals surface area contributed by atoms with Crippen molar-refractivity contribution >= 4 is 5.91 Å². The van der Waals surface area contributed by atoms with Crippen LogP contribution in [-0.2, 0) is 4.74 Å². The van der Waals surface area contributed by atoms with Gasteiger partial charge in [-0.1, -0.05) is 25.9 Å². The molecule has 106 valence electrons. The van der Waals surface area contributed by atoms with Crippen LogP contribution in [-0.4, -0.2) is 35.5 Å². The van der Waals surface area contributed by atoms with Gasteiger partial charge in [-0.15, -0.1) is 0 Å². The Balaban J connectivity index is 1.92. The van der Waals surface area contributed by atoms with Gasteiger partial charge in [0, 0.05) is 19.1 Å². The standard InChI is InChI=1S/C13H21N3O3/c1-8-10(16-19-15-8)12(17)14-7-9-5-6-18-11(9)13(2,3)4/h9,11H,5-7H2,1-4H3,(H,14,17)/t9-,11+/m1/s1. The Morgan fingerprint density at radius 1 is 1.42 bits per heavy atom. The number of hydrogen-bond donors (Lipinski definition) is 1. The first-order chi connectivity index (χ1) is 8.89. The smallest absolute Gasteiger partial charge is 0.275 e. The second-order valence-electron chi connectivity index (χ2n) is 6.11. The van der Waals surface area contributed by atoms with Gasteiger partial charge in [0.15, 0.2) is 5.69 Å². The maximum atomic E-state index is 11.9. The van der Waals surface area contributed by atoms with Crippen molar-refractivity contribution in [3.05, 3.63) is 11.4 Å². The van der Waals surface area contributed by atoms with Gasteiger partial charge in [-0.3, -0.25) is 4.79 Å². The molecule has 19 heavy (non-hydrogen) atoms. The van der Waals surface area contributed by atoms with Crippen LogP contribution in [0.4, 0.5) is 0 Å². The quantitative estimate of drug-likeness (QED) is 0.899. The Morgan fingerprint density at radius 3 is 2.74 bits per heavy atom. The summed E-state index contributed by atoms with van der Waals surface area (Å²) >= 11 is 0. The first-order valence-corrected chi connectivity index (χ1v) is 6.58. The number of aryl methyl sites for hydroxylation is 1. The monoisotopic (exact) mass is 267 g/mol. The molecule has 6 heteroatoms. The molecule has 0 aromatic carbocycles. The lowest BCUT2D eigenvalue weighted by Gasteiger charge is -2.31. The van der Waals surface area contributed by atoms with E-state index in [-0.39, 0.29) is 23.1 Å². The van der Waals surface area contributed by atoms with Crippen molar-refractivity contribution in [3.8, 4) is 0 Å². The van der Waals surface area contributed by atoms with Gasteiger partial charge in [0.05, 0.1) is 6.10 Å². The summed E-state index contributed by atoms with van der Waals surface area (Å²) in [5.41, 5.74) is 0.843. The fourth-order valence-corrected chi connectivity index (χ4v) is 2.55. The summed E-state index contributed by atoms with van der Waals surface area (Å²) in [5, 5.41) is 10.1. The molecule has 0 radical (unpaired) electrons. The molecule has 2 atom stereocenters. The highest BCUT2D eigenvalue weighted by Crippen LogP contribution is 2.34. The minimum Gasteiger partial charge on any atom is -0.377 e. The Morgan fingerprint density at radius 2 is 2.16 bits per heavy atom. The lowest BCUT2D eigenvalue weighted by molar-refractivity contribution is 0.00735. The van der Waals surface area contributed by atoms with Gasteiger partial charge in [-0.2, -0.15) is 0 Å². The van der Waals surface area contributed by atoms with Crippen molar-refractivity contribution in [1.82, 2.24) is 15.6 Å². The second-order valence-corrected chi connectivity index (χ2v) is 6.11. The summed E-state index contributed by atoms with van der Waals surface area (Å²) in [6.45, 7) is 9.51. The number of ether oxygens (including phenoxy) is 1. The molecule has 2 rings (SSSR count). The Kier molecular flexibility index (Phi) is 3.89. The average Bonchev–Trinajstić information content (AvgIpc) is 2.93. The summed E-state index contributed by atoms with van der Waals surface area (Å²) in [6, 6.07) is 0. The number of nitrogens with one attached hydrogen (secondary N) is 1. The first-order valence-electron chi connectivity index (χ1n) is 6.58. The molecule has 1 aliphatic rings. The summed E-state index contributed by atoms with van der Waals surface area (Å²) < 4.78 is 10.3. The zero-order chi connectivity index (χ0) is 14.0. The van der Waals surface area contributed by atoms with Crippen molar-refractivity contribution in [1.29, 1.82) is 0 Å². The van der Waals surface area contributed by atoms with Crippen LogP contribution in [0.2, 0.25) is 0 Å². The molecule has 1 N–H and O–H groups in total. The lowest BCUT2D eigenvalue weighted by atomic mass is 9.81.